The molecule has 0 amide bonds. The Bertz CT molecular complexity index is 1540. The van der Waals surface area contributed by atoms with Crippen LogP contribution in [0, 0.1) is 35.3 Å². The molecule has 190 valence electrons. The minimum Gasteiger partial charge on any atom is -0.481 e. The number of aromatic amines is 1. The molecule has 3 aliphatic rings. The van der Waals surface area contributed by atoms with Crippen LogP contribution in [-0.2, 0) is 11.2 Å². The SMILES string of the molecule is O=C(O)c1ccc(-c2nc(-c3c[nH]c4ncc(F)cc34)nc(CC3C4CCC(CC4)C3C(=O)O)c2F)s1. The number of pyridine rings is 1. The third kappa shape index (κ3) is 4.07. The lowest BCUT2D eigenvalue weighted by Gasteiger charge is -2.46. The Balaban J connectivity index is 1.50. The number of fused-ring (bicyclic) bond motifs is 4. The zero-order valence-corrected chi connectivity index (χ0v) is 20.3. The molecule has 4 aromatic heterocycles. The Morgan fingerprint density at radius 3 is 2.54 bits per heavy atom. The van der Waals surface area contributed by atoms with Crippen molar-refractivity contribution in [3.8, 4) is 22.0 Å². The minimum atomic E-state index is -1.13. The molecule has 0 saturated heterocycles. The molecule has 3 N–H and O–H groups in total. The number of hydrogen-bond donors (Lipinski definition) is 3. The van der Waals surface area contributed by atoms with E-state index in [1.165, 1.54) is 18.2 Å². The van der Waals surface area contributed by atoms with Crippen molar-refractivity contribution in [2.45, 2.75) is 32.1 Å². The fraction of sp³-hybridized carbons (Fsp3) is 0.346. The Morgan fingerprint density at radius 1 is 1.08 bits per heavy atom. The van der Waals surface area contributed by atoms with Gasteiger partial charge in [-0.3, -0.25) is 4.79 Å². The third-order valence-corrected chi connectivity index (χ3v) is 8.89. The van der Waals surface area contributed by atoms with Gasteiger partial charge in [0, 0.05) is 17.1 Å². The van der Waals surface area contributed by atoms with Gasteiger partial charge in [-0.05, 0) is 68.1 Å². The predicted octanol–water partition coefficient (Wildman–Crippen LogP) is 5.40. The van der Waals surface area contributed by atoms with Crippen LogP contribution in [0.5, 0.6) is 0 Å². The van der Waals surface area contributed by atoms with Crippen molar-refractivity contribution < 1.29 is 28.6 Å². The van der Waals surface area contributed by atoms with Crippen molar-refractivity contribution in [1.29, 1.82) is 0 Å². The normalized spacial score (nSPS) is 23.0. The molecule has 4 heterocycles. The predicted molar refractivity (Wildman–Crippen MR) is 131 cm³/mol. The second kappa shape index (κ2) is 8.98. The number of hydrogen-bond acceptors (Lipinski definition) is 6. The van der Waals surface area contributed by atoms with Crippen molar-refractivity contribution in [1.82, 2.24) is 19.9 Å². The zero-order valence-electron chi connectivity index (χ0n) is 19.4. The molecule has 4 aromatic rings. The van der Waals surface area contributed by atoms with Crippen molar-refractivity contribution in [2.24, 2.45) is 23.7 Å². The van der Waals surface area contributed by atoms with E-state index < -0.39 is 29.5 Å². The van der Waals surface area contributed by atoms with Gasteiger partial charge >= 0.3 is 11.9 Å². The Hall–Kier alpha value is -3.73. The Kier molecular flexibility index (Phi) is 5.74. The molecule has 11 heteroatoms. The summed E-state index contributed by atoms with van der Waals surface area (Å²) < 4.78 is 30.0. The number of H-pyrrole nitrogens is 1. The van der Waals surface area contributed by atoms with Gasteiger partial charge < -0.3 is 15.2 Å². The number of thiophene rings is 1. The smallest absolute Gasteiger partial charge is 0.345 e. The molecule has 3 saturated carbocycles. The van der Waals surface area contributed by atoms with E-state index in [1.807, 2.05) is 0 Å². The van der Waals surface area contributed by atoms with Crippen LogP contribution in [-0.4, -0.2) is 42.1 Å². The van der Waals surface area contributed by atoms with E-state index >= 15 is 4.39 Å². The number of rotatable bonds is 6. The summed E-state index contributed by atoms with van der Waals surface area (Å²) in [7, 11) is 0. The first-order valence-electron chi connectivity index (χ1n) is 12.1. The van der Waals surface area contributed by atoms with Gasteiger partial charge in [-0.2, -0.15) is 0 Å². The Morgan fingerprint density at radius 2 is 1.84 bits per heavy atom. The molecule has 37 heavy (non-hydrogen) atoms. The van der Waals surface area contributed by atoms with E-state index in [9.17, 15) is 24.2 Å². The number of carboxylic acid groups (broad SMARTS) is 2. The lowest BCUT2D eigenvalue weighted by Crippen LogP contribution is -2.45. The largest absolute Gasteiger partial charge is 0.481 e. The highest BCUT2D eigenvalue weighted by Crippen LogP contribution is 2.50. The lowest BCUT2D eigenvalue weighted by molar-refractivity contribution is -0.152. The minimum absolute atomic E-state index is 0.0324. The van der Waals surface area contributed by atoms with Crippen molar-refractivity contribution in [3.05, 3.63) is 52.8 Å². The summed E-state index contributed by atoms with van der Waals surface area (Å²) in [6, 6.07) is 4.16. The standard InChI is InChI=1S/C26H22F2N4O4S/c27-13-7-15-16(10-30-23(15)29-9-13)24-31-17(8-14-11-1-3-12(4-2-11)20(14)26(35)36)21(28)22(32-24)18-5-6-19(37-18)25(33)34/h5-7,9-12,14,20H,1-4,8H2,(H,29,30)(H,33,34)(H,35,36). The molecule has 3 fully saturated rings. The summed E-state index contributed by atoms with van der Waals surface area (Å²) in [5.74, 6) is -3.73. The van der Waals surface area contributed by atoms with Crippen LogP contribution in [0.4, 0.5) is 8.78 Å². The molecule has 0 radical (unpaired) electrons. The van der Waals surface area contributed by atoms with Crippen LogP contribution in [0.15, 0.2) is 30.6 Å². The zero-order chi connectivity index (χ0) is 25.8. The molecule has 2 unspecified atom stereocenters. The van der Waals surface area contributed by atoms with E-state index in [-0.39, 0.29) is 46.3 Å². The van der Waals surface area contributed by atoms with Crippen LogP contribution in [0.3, 0.4) is 0 Å². The number of carboxylic acids is 2. The first-order valence-corrected chi connectivity index (χ1v) is 12.9. The van der Waals surface area contributed by atoms with E-state index in [1.54, 1.807) is 6.20 Å². The summed E-state index contributed by atoms with van der Waals surface area (Å²) >= 11 is 0.889. The van der Waals surface area contributed by atoms with E-state index in [4.69, 9.17) is 0 Å². The van der Waals surface area contributed by atoms with Gasteiger partial charge in [0.1, 0.15) is 22.0 Å². The number of halogens is 2. The van der Waals surface area contributed by atoms with Gasteiger partial charge in [-0.1, -0.05) is 0 Å². The number of aromatic nitrogens is 4. The molecule has 0 aliphatic heterocycles. The monoisotopic (exact) mass is 524 g/mol. The summed E-state index contributed by atoms with van der Waals surface area (Å²) in [4.78, 5) is 39.9. The second-order valence-corrected chi connectivity index (χ2v) is 10.9. The molecular weight excluding hydrogens is 502 g/mol. The average Bonchev–Trinajstić information content (AvgIpc) is 3.53. The summed E-state index contributed by atoms with van der Waals surface area (Å²) in [5, 5.41) is 19.8. The quantitative estimate of drug-likeness (QED) is 0.308. The van der Waals surface area contributed by atoms with Crippen LogP contribution in [0.2, 0.25) is 0 Å². The van der Waals surface area contributed by atoms with Gasteiger partial charge in [0.15, 0.2) is 11.6 Å². The Labute approximate surface area is 213 Å². The first kappa shape index (κ1) is 23.7. The molecule has 8 nitrogen and oxygen atoms in total. The third-order valence-electron chi connectivity index (χ3n) is 7.81. The molecule has 2 atom stereocenters. The van der Waals surface area contributed by atoms with E-state index in [0.29, 0.717) is 21.5 Å². The highest BCUT2D eigenvalue weighted by Gasteiger charge is 2.47. The molecule has 3 aliphatic carbocycles. The molecule has 2 bridgehead atoms. The van der Waals surface area contributed by atoms with Gasteiger partial charge in [-0.25, -0.2) is 28.5 Å². The number of nitrogens with one attached hydrogen (secondary N) is 1. The van der Waals surface area contributed by atoms with Crippen molar-refractivity contribution in [2.75, 3.05) is 0 Å². The first-order chi connectivity index (χ1) is 17.8. The second-order valence-electron chi connectivity index (χ2n) is 9.78. The van der Waals surface area contributed by atoms with Gasteiger partial charge in [0.2, 0.25) is 0 Å². The fourth-order valence-corrected chi connectivity index (χ4v) is 6.96. The van der Waals surface area contributed by atoms with Crippen LogP contribution < -0.4 is 0 Å². The van der Waals surface area contributed by atoms with E-state index in [0.717, 1.165) is 43.2 Å². The number of aromatic carboxylic acids is 1. The highest BCUT2D eigenvalue weighted by molar-refractivity contribution is 7.17. The van der Waals surface area contributed by atoms with Crippen LogP contribution >= 0.6 is 11.3 Å². The van der Waals surface area contributed by atoms with Crippen LogP contribution in [0.25, 0.3) is 33.0 Å². The maximum atomic E-state index is 16.0. The number of nitrogens with zero attached hydrogens (tertiary/aromatic N) is 3. The van der Waals surface area contributed by atoms with Gasteiger partial charge in [-0.15, -0.1) is 11.3 Å². The summed E-state index contributed by atoms with van der Waals surface area (Å²) in [6.07, 6.45) is 6.31. The lowest BCUT2D eigenvalue weighted by atomic mass is 9.57. The number of carbonyl (C=O) groups is 2. The van der Waals surface area contributed by atoms with Crippen LogP contribution in [0.1, 0.15) is 41.0 Å². The maximum Gasteiger partial charge on any atom is 0.345 e. The average molecular weight is 525 g/mol. The molecular formula is C26H22F2N4O4S. The highest BCUT2D eigenvalue weighted by atomic mass is 32.1. The molecule has 7 rings (SSSR count). The number of aliphatic carboxylic acids is 1. The molecule has 0 spiro atoms. The van der Waals surface area contributed by atoms with Gasteiger partial charge in [0.25, 0.3) is 0 Å². The maximum absolute atomic E-state index is 16.0. The van der Waals surface area contributed by atoms with Crippen molar-refractivity contribution >= 4 is 34.3 Å². The van der Waals surface area contributed by atoms with Gasteiger partial charge in [0.05, 0.1) is 22.7 Å². The summed E-state index contributed by atoms with van der Waals surface area (Å²) in [5.41, 5.74) is 0.837. The summed E-state index contributed by atoms with van der Waals surface area (Å²) in [6.45, 7) is 0. The van der Waals surface area contributed by atoms with E-state index in [2.05, 4.69) is 19.9 Å². The van der Waals surface area contributed by atoms with Crippen molar-refractivity contribution in [3.63, 3.8) is 0 Å². The topological polar surface area (TPSA) is 129 Å². The molecule has 0 aromatic carbocycles. The fourth-order valence-electron chi connectivity index (χ4n) is 6.13.